The van der Waals surface area contributed by atoms with Crippen molar-refractivity contribution in [3.63, 3.8) is 0 Å². The highest BCUT2D eigenvalue weighted by Gasteiger charge is 2.44. The molecule has 9 heteroatoms. The second-order valence-electron chi connectivity index (χ2n) is 13.7. The molecule has 0 spiro atoms. The van der Waals surface area contributed by atoms with Crippen LogP contribution in [0.5, 0.6) is 0 Å². The van der Waals surface area contributed by atoms with Crippen LogP contribution >= 0.6 is 0 Å². The summed E-state index contributed by atoms with van der Waals surface area (Å²) in [4.78, 5) is 12.9. The van der Waals surface area contributed by atoms with Crippen LogP contribution in [0.3, 0.4) is 0 Å². The molecular formula is C40H73NO8. The maximum absolute atomic E-state index is 12.9. The quantitative estimate of drug-likeness (QED) is 0.0338. The van der Waals surface area contributed by atoms with Crippen molar-refractivity contribution in [2.75, 3.05) is 13.2 Å². The zero-order valence-electron chi connectivity index (χ0n) is 30.9. The zero-order valence-corrected chi connectivity index (χ0v) is 30.9. The van der Waals surface area contributed by atoms with Crippen molar-refractivity contribution in [1.82, 2.24) is 5.32 Å². The number of allylic oxidation sites excluding steroid dienone is 5. The van der Waals surface area contributed by atoms with E-state index in [2.05, 4.69) is 43.5 Å². The van der Waals surface area contributed by atoms with Crippen LogP contribution in [0.4, 0.5) is 0 Å². The summed E-state index contributed by atoms with van der Waals surface area (Å²) >= 11 is 0. The van der Waals surface area contributed by atoms with Crippen molar-refractivity contribution >= 4 is 5.91 Å². The van der Waals surface area contributed by atoms with Gasteiger partial charge in [0, 0.05) is 6.42 Å². The molecule has 0 aromatic heterocycles. The van der Waals surface area contributed by atoms with Gasteiger partial charge in [-0.05, 0) is 57.8 Å². The Kier molecular flexibility index (Phi) is 28.9. The van der Waals surface area contributed by atoms with Gasteiger partial charge in [-0.25, -0.2) is 0 Å². The van der Waals surface area contributed by atoms with Crippen LogP contribution in [0.2, 0.25) is 0 Å². The van der Waals surface area contributed by atoms with E-state index in [0.717, 1.165) is 57.8 Å². The summed E-state index contributed by atoms with van der Waals surface area (Å²) in [5.41, 5.74) is 0. The number of carbonyl (C=O) groups is 1. The van der Waals surface area contributed by atoms with Gasteiger partial charge in [-0.1, -0.05) is 127 Å². The van der Waals surface area contributed by atoms with Gasteiger partial charge in [-0.2, -0.15) is 0 Å². The van der Waals surface area contributed by atoms with Crippen LogP contribution in [0, 0.1) is 0 Å². The van der Waals surface area contributed by atoms with Gasteiger partial charge in [0.25, 0.3) is 0 Å². The molecule has 0 radical (unpaired) electrons. The fourth-order valence-corrected chi connectivity index (χ4v) is 5.93. The SMILES string of the molecule is CCCCCCC/C=C\CCCCCCCC(=O)NC(COC1OC(CO)C(O)C(O)C1O)C(O)/C=C/CC/C=C/CCCCCCCC. The van der Waals surface area contributed by atoms with Gasteiger partial charge in [0.15, 0.2) is 6.29 Å². The second-order valence-corrected chi connectivity index (χ2v) is 13.7. The molecule has 1 aliphatic rings. The molecule has 0 bridgehead atoms. The first-order chi connectivity index (χ1) is 23.8. The van der Waals surface area contributed by atoms with Crippen LogP contribution in [0.25, 0.3) is 0 Å². The summed E-state index contributed by atoms with van der Waals surface area (Å²) in [6, 6.07) is -0.821. The minimum Gasteiger partial charge on any atom is -0.394 e. The highest BCUT2D eigenvalue weighted by molar-refractivity contribution is 5.76. The lowest BCUT2D eigenvalue weighted by Gasteiger charge is -2.40. The second kappa shape index (κ2) is 31.2. The number of nitrogens with one attached hydrogen (secondary N) is 1. The number of rotatable bonds is 31. The Hall–Kier alpha value is -1.59. The predicted octanol–water partition coefficient (Wildman–Crippen LogP) is 6.94. The molecule has 6 N–H and O–H groups in total. The highest BCUT2D eigenvalue weighted by Crippen LogP contribution is 2.22. The number of hydrogen-bond acceptors (Lipinski definition) is 8. The monoisotopic (exact) mass is 696 g/mol. The fraction of sp³-hybridized carbons (Fsp3) is 0.825. The number of amides is 1. The molecule has 1 amide bonds. The third-order valence-electron chi connectivity index (χ3n) is 9.19. The molecule has 1 fully saturated rings. The molecule has 0 aliphatic carbocycles. The number of hydrogen-bond donors (Lipinski definition) is 6. The molecule has 0 aromatic rings. The van der Waals surface area contributed by atoms with Gasteiger partial charge in [0.1, 0.15) is 24.4 Å². The van der Waals surface area contributed by atoms with E-state index >= 15 is 0 Å². The van der Waals surface area contributed by atoms with E-state index in [-0.39, 0.29) is 12.5 Å². The van der Waals surface area contributed by atoms with Crippen molar-refractivity contribution in [3.05, 3.63) is 36.5 Å². The van der Waals surface area contributed by atoms with E-state index in [9.17, 15) is 30.3 Å². The van der Waals surface area contributed by atoms with Crippen molar-refractivity contribution in [2.24, 2.45) is 0 Å². The van der Waals surface area contributed by atoms with E-state index in [0.29, 0.717) is 6.42 Å². The normalized spacial score (nSPS) is 22.8. The molecule has 1 rings (SSSR count). The van der Waals surface area contributed by atoms with Crippen LogP contribution < -0.4 is 5.32 Å². The first-order valence-electron chi connectivity index (χ1n) is 19.7. The van der Waals surface area contributed by atoms with Gasteiger partial charge in [-0.3, -0.25) is 4.79 Å². The van der Waals surface area contributed by atoms with Crippen molar-refractivity contribution in [1.29, 1.82) is 0 Å². The molecule has 1 aliphatic heterocycles. The van der Waals surface area contributed by atoms with E-state index in [1.54, 1.807) is 6.08 Å². The lowest BCUT2D eigenvalue weighted by molar-refractivity contribution is -0.302. The van der Waals surface area contributed by atoms with Gasteiger partial charge in [0.05, 0.1) is 25.4 Å². The number of aliphatic hydroxyl groups excluding tert-OH is 5. The highest BCUT2D eigenvalue weighted by atomic mass is 16.7. The maximum Gasteiger partial charge on any atom is 0.220 e. The average molecular weight is 696 g/mol. The maximum atomic E-state index is 12.9. The van der Waals surface area contributed by atoms with E-state index in [4.69, 9.17) is 9.47 Å². The van der Waals surface area contributed by atoms with Gasteiger partial charge in [0.2, 0.25) is 5.91 Å². The molecule has 7 unspecified atom stereocenters. The van der Waals surface area contributed by atoms with Gasteiger partial charge >= 0.3 is 0 Å². The summed E-state index contributed by atoms with van der Waals surface area (Å²) in [5.74, 6) is -0.200. The van der Waals surface area contributed by atoms with Crippen LogP contribution in [0.1, 0.15) is 155 Å². The van der Waals surface area contributed by atoms with Gasteiger partial charge in [-0.15, -0.1) is 0 Å². The summed E-state index contributed by atoms with van der Waals surface area (Å²) in [6.45, 7) is 3.69. The summed E-state index contributed by atoms with van der Waals surface area (Å²) < 4.78 is 11.1. The van der Waals surface area contributed by atoms with E-state index in [1.807, 2.05) is 6.08 Å². The Labute approximate surface area is 298 Å². The summed E-state index contributed by atoms with van der Waals surface area (Å²) in [6.07, 6.45) is 29.0. The minimum absolute atomic E-state index is 0.200. The van der Waals surface area contributed by atoms with Crippen LogP contribution in [-0.4, -0.2) is 87.5 Å². The Morgan fingerprint density at radius 3 is 1.71 bits per heavy atom. The molecular weight excluding hydrogens is 622 g/mol. The fourth-order valence-electron chi connectivity index (χ4n) is 5.93. The largest absolute Gasteiger partial charge is 0.394 e. The number of unbranched alkanes of at least 4 members (excludes halogenated alkanes) is 17. The van der Waals surface area contributed by atoms with Crippen molar-refractivity contribution < 1.29 is 39.8 Å². The predicted molar refractivity (Wildman–Crippen MR) is 198 cm³/mol. The molecule has 7 atom stereocenters. The Morgan fingerprint density at radius 2 is 1.16 bits per heavy atom. The third kappa shape index (κ3) is 22.8. The van der Waals surface area contributed by atoms with Crippen LogP contribution in [-0.2, 0) is 14.3 Å². The molecule has 0 aromatic carbocycles. The Bertz CT molecular complexity index is 863. The standard InChI is InChI=1S/C40H73NO8/c1-3-5-7-9-11-13-15-17-18-20-22-24-26-28-30-36(44)41-33(32-48-40-39(47)38(46)37(45)35(31-42)49-40)34(43)29-27-25-23-21-19-16-14-12-10-8-6-4-2/h15,17,19,21,27,29,33-35,37-40,42-43,45-47H,3-14,16,18,20,22-26,28,30-32H2,1-2H3,(H,41,44)/b17-15-,21-19+,29-27+. The topological polar surface area (TPSA) is 149 Å². The smallest absolute Gasteiger partial charge is 0.220 e. The number of ether oxygens (including phenoxy) is 2. The zero-order chi connectivity index (χ0) is 36.0. The Morgan fingerprint density at radius 1 is 0.673 bits per heavy atom. The molecule has 0 saturated carbocycles. The average Bonchev–Trinajstić information content (AvgIpc) is 3.10. The number of carbonyl (C=O) groups excluding carboxylic acids is 1. The van der Waals surface area contributed by atoms with Crippen molar-refractivity contribution in [2.45, 2.75) is 198 Å². The molecule has 1 saturated heterocycles. The molecule has 49 heavy (non-hydrogen) atoms. The summed E-state index contributed by atoms with van der Waals surface area (Å²) in [5, 5.41) is 53.9. The van der Waals surface area contributed by atoms with Crippen LogP contribution in [0.15, 0.2) is 36.5 Å². The lowest BCUT2D eigenvalue weighted by Crippen LogP contribution is -2.60. The third-order valence-corrected chi connectivity index (χ3v) is 9.19. The molecule has 9 nitrogen and oxygen atoms in total. The molecule has 286 valence electrons. The van der Waals surface area contributed by atoms with Crippen molar-refractivity contribution in [3.8, 4) is 0 Å². The lowest BCUT2D eigenvalue weighted by atomic mass is 9.99. The summed E-state index contributed by atoms with van der Waals surface area (Å²) in [7, 11) is 0. The molecule has 1 heterocycles. The number of aliphatic hydroxyl groups is 5. The van der Waals surface area contributed by atoms with E-state index in [1.165, 1.54) is 77.0 Å². The first kappa shape index (κ1) is 45.4. The van der Waals surface area contributed by atoms with E-state index < -0.39 is 49.5 Å². The first-order valence-corrected chi connectivity index (χ1v) is 19.7. The minimum atomic E-state index is -1.57. The van der Waals surface area contributed by atoms with Gasteiger partial charge < -0.3 is 40.3 Å². The Balaban J connectivity index is 2.48.